The van der Waals surface area contributed by atoms with Gasteiger partial charge < -0.3 is 20.1 Å². The minimum atomic E-state index is -0.667. The van der Waals surface area contributed by atoms with Crippen molar-refractivity contribution in [3.63, 3.8) is 0 Å². The average molecular weight is 336 g/mol. The molecule has 1 saturated carbocycles. The summed E-state index contributed by atoms with van der Waals surface area (Å²) in [6, 6.07) is 0.184. The molecule has 134 valence electrons. The van der Waals surface area contributed by atoms with Crippen LogP contribution in [0.1, 0.15) is 72.9 Å². The molecule has 0 radical (unpaired) electrons. The molecule has 0 aliphatic heterocycles. The lowest BCUT2D eigenvalue weighted by atomic mass is 9.87. The minimum absolute atomic E-state index is 0.184. The molecule has 0 bridgehead atoms. The Morgan fingerprint density at radius 2 is 1.92 bits per heavy atom. The maximum atomic E-state index is 12.2. The highest BCUT2D eigenvalue weighted by atomic mass is 16.5. The molecule has 1 aromatic heterocycles. The first-order valence-electron chi connectivity index (χ1n) is 8.63. The quantitative estimate of drug-likeness (QED) is 0.721. The van der Waals surface area contributed by atoms with E-state index in [1.165, 1.54) is 0 Å². The molecule has 0 saturated heterocycles. The van der Waals surface area contributed by atoms with Crippen LogP contribution >= 0.6 is 0 Å². The zero-order valence-corrected chi connectivity index (χ0v) is 14.9. The largest absolute Gasteiger partial charge is 0.451 e. The van der Waals surface area contributed by atoms with Crippen LogP contribution in [0.15, 0.2) is 0 Å². The number of aliphatic hydroxyl groups is 1. The summed E-state index contributed by atoms with van der Waals surface area (Å²) < 4.78 is 5.12. The Kier molecular flexibility index (Phi) is 6.04. The number of aliphatic hydroxyl groups excluding tert-OH is 1. The SMILES string of the molecule is Cc1[nH]c(C(=O)OCC(=O)NC2CCC(C)CC2)c(C)c1[C@H](C)O. The number of aryl methyl sites for hydroxylation is 1. The number of rotatable bonds is 5. The number of esters is 1. The van der Waals surface area contributed by atoms with Crippen molar-refractivity contribution in [2.24, 2.45) is 5.92 Å². The second kappa shape index (κ2) is 7.83. The summed E-state index contributed by atoms with van der Waals surface area (Å²) in [5.74, 6) is -0.118. The standard InChI is InChI=1S/C18H28N2O4/c1-10-5-7-14(8-6-10)20-15(22)9-24-18(23)17-11(2)16(13(4)21)12(3)19-17/h10,13-14,19,21H,5-9H2,1-4H3,(H,20,22)/t10?,13-,14?/m0/s1. The highest BCUT2D eigenvalue weighted by molar-refractivity contribution is 5.91. The normalized spacial score (nSPS) is 22.0. The Morgan fingerprint density at radius 1 is 1.29 bits per heavy atom. The number of H-pyrrole nitrogens is 1. The van der Waals surface area contributed by atoms with Crippen LogP contribution in [0.5, 0.6) is 0 Å². The number of ether oxygens (including phenoxy) is 1. The number of carbonyl (C=O) groups is 2. The van der Waals surface area contributed by atoms with E-state index in [0.29, 0.717) is 16.8 Å². The number of hydrogen-bond donors (Lipinski definition) is 3. The van der Waals surface area contributed by atoms with E-state index in [4.69, 9.17) is 4.74 Å². The summed E-state index contributed by atoms with van der Waals surface area (Å²) in [5.41, 5.74) is 2.38. The fourth-order valence-electron chi connectivity index (χ4n) is 3.47. The van der Waals surface area contributed by atoms with Gasteiger partial charge in [-0.15, -0.1) is 0 Å². The highest BCUT2D eigenvalue weighted by Crippen LogP contribution is 2.25. The average Bonchev–Trinajstić information content (AvgIpc) is 2.82. The van der Waals surface area contributed by atoms with E-state index < -0.39 is 12.1 Å². The van der Waals surface area contributed by atoms with Crippen molar-refractivity contribution in [3.8, 4) is 0 Å². The van der Waals surface area contributed by atoms with E-state index in [9.17, 15) is 14.7 Å². The third-order valence-corrected chi connectivity index (χ3v) is 4.83. The molecule has 6 nitrogen and oxygen atoms in total. The van der Waals surface area contributed by atoms with Gasteiger partial charge in [-0.2, -0.15) is 0 Å². The Bertz CT molecular complexity index is 598. The molecule has 1 aliphatic rings. The third-order valence-electron chi connectivity index (χ3n) is 4.83. The van der Waals surface area contributed by atoms with Crippen molar-refractivity contribution < 1.29 is 19.4 Å². The zero-order valence-electron chi connectivity index (χ0n) is 14.9. The maximum absolute atomic E-state index is 12.2. The molecule has 1 amide bonds. The number of amides is 1. The minimum Gasteiger partial charge on any atom is -0.451 e. The molecule has 0 spiro atoms. The summed E-state index contributed by atoms with van der Waals surface area (Å²) in [4.78, 5) is 27.1. The van der Waals surface area contributed by atoms with Crippen molar-refractivity contribution in [2.75, 3.05) is 6.61 Å². The first-order chi connectivity index (χ1) is 11.3. The molecule has 1 fully saturated rings. The molecule has 0 unspecified atom stereocenters. The van der Waals surface area contributed by atoms with Gasteiger partial charge in [0.2, 0.25) is 0 Å². The Labute approximate surface area is 143 Å². The van der Waals surface area contributed by atoms with Gasteiger partial charge in [0.1, 0.15) is 5.69 Å². The van der Waals surface area contributed by atoms with Crippen LogP contribution in [0.25, 0.3) is 0 Å². The molecule has 3 N–H and O–H groups in total. The molecule has 1 aromatic rings. The monoisotopic (exact) mass is 336 g/mol. The lowest BCUT2D eigenvalue weighted by molar-refractivity contribution is -0.125. The van der Waals surface area contributed by atoms with Crippen molar-refractivity contribution in [2.45, 2.75) is 65.5 Å². The predicted octanol–water partition coefficient (Wildman–Crippen LogP) is 2.54. The van der Waals surface area contributed by atoms with Crippen LogP contribution in [-0.4, -0.2) is 34.6 Å². The van der Waals surface area contributed by atoms with Gasteiger partial charge in [-0.25, -0.2) is 4.79 Å². The Morgan fingerprint density at radius 3 is 2.46 bits per heavy atom. The first kappa shape index (κ1) is 18.5. The molecule has 1 aliphatic carbocycles. The van der Waals surface area contributed by atoms with Crippen LogP contribution in [0, 0.1) is 19.8 Å². The van der Waals surface area contributed by atoms with Gasteiger partial charge in [-0.05, 0) is 57.9 Å². The smallest absolute Gasteiger partial charge is 0.355 e. The summed E-state index contributed by atoms with van der Waals surface area (Å²) in [6.45, 7) is 7.14. The van der Waals surface area contributed by atoms with Gasteiger partial charge in [-0.1, -0.05) is 6.92 Å². The molecular weight excluding hydrogens is 308 g/mol. The maximum Gasteiger partial charge on any atom is 0.355 e. The van der Waals surface area contributed by atoms with Gasteiger partial charge in [0.15, 0.2) is 6.61 Å². The summed E-state index contributed by atoms with van der Waals surface area (Å²) in [7, 11) is 0. The van der Waals surface area contributed by atoms with Gasteiger partial charge >= 0.3 is 5.97 Å². The second-order valence-electron chi connectivity index (χ2n) is 6.94. The zero-order chi connectivity index (χ0) is 17.9. The summed E-state index contributed by atoms with van der Waals surface area (Å²) in [5, 5.41) is 12.7. The molecule has 24 heavy (non-hydrogen) atoms. The Hall–Kier alpha value is -1.82. The summed E-state index contributed by atoms with van der Waals surface area (Å²) >= 11 is 0. The topological polar surface area (TPSA) is 91.4 Å². The van der Waals surface area contributed by atoms with E-state index in [-0.39, 0.29) is 18.6 Å². The lowest BCUT2D eigenvalue weighted by Gasteiger charge is -2.26. The van der Waals surface area contributed by atoms with Crippen molar-refractivity contribution in [3.05, 3.63) is 22.5 Å². The lowest BCUT2D eigenvalue weighted by Crippen LogP contribution is -2.39. The number of aromatic nitrogens is 1. The molecule has 1 heterocycles. The molecule has 6 heteroatoms. The van der Waals surface area contributed by atoms with E-state index in [0.717, 1.165) is 37.3 Å². The summed E-state index contributed by atoms with van der Waals surface area (Å²) in [6.07, 6.45) is 3.53. The van der Waals surface area contributed by atoms with E-state index >= 15 is 0 Å². The van der Waals surface area contributed by atoms with Crippen molar-refractivity contribution in [1.29, 1.82) is 0 Å². The number of hydrogen-bond acceptors (Lipinski definition) is 4. The fraction of sp³-hybridized carbons (Fsp3) is 0.667. The van der Waals surface area contributed by atoms with Gasteiger partial charge in [-0.3, -0.25) is 4.79 Å². The van der Waals surface area contributed by atoms with Crippen molar-refractivity contribution >= 4 is 11.9 Å². The van der Waals surface area contributed by atoms with Gasteiger partial charge in [0.25, 0.3) is 5.91 Å². The Balaban J connectivity index is 1.87. The number of nitrogens with one attached hydrogen (secondary N) is 2. The van der Waals surface area contributed by atoms with Crippen LogP contribution < -0.4 is 5.32 Å². The predicted molar refractivity (Wildman–Crippen MR) is 90.7 cm³/mol. The first-order valence-corrected chi connectivity index (χ1v) is 8.63. The third kappa shape index (κ3) is 4.38. The fourth-order valence-corrected chi connectivity index (χ4v) is 3.47. The molecule has 2 rings (SSSR count). The highest BCUT2D eigenvalue weighted by Gasteiger charge is 2.23. The number of carbonyl (C=O) groups excluding carboxylic acids is 2. The molecule has 0 aromatic carbocycles. The van der Waals surface area contributed by atoms with Crippen molar-refractivity contribution in [1.82, 2.24) is 10.3 Å². The molecular formula is C18H28N2O4. The van der Waals surface area contributed by atoms with Crippen LogP contribution in [-0.2, 0) is 9.53 Å². The van der Waals surface area contributed by atoms with E-state index in [2.05, 4.69) is 17.2 Å². The number of aromatic amines is 1. The van der Waals surface area contributed by atoms with E-state index in [1.54, 1.807) is 20.8 Å². The van der Waals surface area contributed by atoms with E-state index in [1.807, 2.05) is 0 Å². The van der Waals surface area contributed by atoms with Crippen LogP contribution in [0.4, 0.5) is 0 Å². The van der Waals surface area contributed by atoms with Gasteiger partial charge in [0, 0.05) is 17.3 Å². The van der Waals surface area contributed by atoms with Crippen LogP contribution in [0.2, 0.25) is 0 Å². The molecule has 1 atom stereocenters. The van der Waals surface area contributed by atoms with Gasteiger partial charge in [0.05, 0.1) is 6.10 Å². The van der Waals surface area contributed by atoms with Crippen LogP contribution in [0.3, 0.4) is 0 Å². The second-order valence-corrected chi connectivity index (χ2v) is 6.94.